The molecule has 1 fully saturated rings. The van der Waals surface area contributed by atoms with Gasteiger partial charge in [-0.1, -0.05) is 11.6 Å². The number of carbonyl (C=O) groups excluding carboxylic acids is 1. The third-order valence-corrected chi connectivity index (χ3v) is 4.77. The van der Waals surface area contributed by atoms with Gasteiger partial charge in [0.2, 0.25) is 0 Å². The van der Waals surface area contributed by atoms with Crippen molar-refractivity contribution in [2.45, 2.75) is 18.9 Å². The quantitative estimate of drug-likeness (QED) is 0.710. The molecule has 1 unspecified atom stereocenters. The minimum absolute atomic E-state index is 0. The Hall–Kier alpha value is -1.80. The van der Waals surface area contributed by atoms with Crippen molar-refractivity contribution in [1.82, 2.24) is 20.0 Å². The number of hydrogen-bond donors (Lipinski definition) is 2. The van der Waals surface area contributed by atoms with E-state index in [4.69, 9.17) is 16.3 Å². The van der Waals surface area contributed by atoms with Crippen molar-refractivity contribution in [3.8, 4) is 5.75 Å². The maximum Gasteiger partial charge on any atom is 0.276 e. The van der Waals surface area contributed by atoms with Crippen LogP contribution in [0.4, 0.5) is 5.69 Å². The van der Waals surface area contributed by atoms with Crippen LogP contribution in [0.15, 0.2) is 30.5 Å². The highest BCUT2D eigenvalue weighted by atomic mass is 35.5. The lowest BCUT2D eigenvalue weighted by atomic mass is 10.1. The molecule has 154 valence electrons. The predicted molar refractivity (Wildman–Crippen MR) is 114 cm³/mol. The van der Waals surface area contributed by atoms with Crippen LogP contribution >= 0.6 is 24.0 Å². The molecule has 2 heterocycles. The van der Waals surface area contributed by atoms with Gasteiger partial charge in [0, 0.05) is 25.0 Å². The summed E-state index contributed by atoms with van der Waals surface area (Å²) in [5.74, 6) is 0.348. The zero-order valence-electron chi connectivity index (χ0n) is 16.2. The monoisotopic (exact) mass is 427 g/mol. The zero-order valence-corrected chi connectivity index (χ0v) is 17.7. The van der Waals surface area contributed by atoms with Crippen molar-refractivity contribution in [2.75, 3.05) is 45.7 Å². The van der Waals surface area contributed by atoms with Crippen LogP contribution in [0.5, 0.6) is 5.75 Å². The largest absolute Gasteiger partial charge is 0.491 e. The highest BCUT2D eigenvalue weighted by Crippen LogP contribution is 2.28. The number of aromatic nitrogens is 2. The van der Waals surface area contributed by atoms with Crippen molar-refractivity contribution >= 4 is 35.6 Å². The molecule has 2 aromatic rings. The van der Waals surface area contributed by atoms with Crippen molar-refractivity contribution < 1.29 is 9.53 Å². The fourth-order valence-electron chi connectivity index (χ4n) is 2.95. The summed E-state index contributed by atoms with van der Waals surface area (Å²) in [5.41, 5.74) is 1.00. The molecular formula is C19H27Cl2N5O2. The van der Waals surface area contributed by atoms with E-state index < -0.39 is 0 Å². The van der Waals surface area contributed by atoms with Gasteiger partial charge in [-0.3, -0.25) is 9.48 Å². The van der Waals surface area contributed by atoms with Gasteiger partial charge in [0.05, 0.1) is 11.1 Å². The van der Waals surface area contributed by atoms with Crippen molar-refractivity contribution in [3.63, 3.8) is 0 Å². The van der Waals surface area contributed by atoms with Crippen LogP contribution in [-0.2, 0) is 0 Å². The second-order valence-electron chi connectivity index (χ2n) is 6.93. The number of carbonyl (C=O) groups is 1. The Kier molecular flexibility index (Phi) is 8.57. The highest BCUT2D eigenvalue weighted by Gasteiger charge is 2.18. The van der Waals surface area contributed by atoms with Crippen molar-refractivity contribution in [1.29, 1.82) is 0 Å². The van der Waals surface area contributed by atoms with E-state index in [1.54, 1.807) is 24.3 Å². The van der Waals surface area contributed by atoms with Gasteiger partial charge in [0.1, 0.15) is 12.4 Å². The summed E-state index contributed by atoms with van der Waals surface area (Å²) in [6.07, 6.45) is 4.05. The molecule has 28 heavy (non-hydrogen) atoms. The fraction of sp³-hybridized carbons (Fsp3) is 0.474. The normalized spacial score (nSPS) is 16.5. The van der Waals surface area contributed by atoms with Crippen LogP contribution in [0.25, 0.3) is 0 Å². The molecule has 1 aromatic heterocycles. The Balaban J connectivity index is 0.00000280. The summed E-state index contributed by atoms with van der Waals surface area (Å²) in [5, 5.41) is 11.1. The van der Waals surface area contributed by atoms with E-state index in [1.165, 1.54) is 0 Å². The molecule has 1 saturated heterocycles. The van der Waals surface area contributed by atoms with Gasteiger partial charge in [-0.25, -0.2) is 0 Å². The average molecular weight is 428 g/mol. The minimum Gasteiger partial charge on any atom is -0.491 e. The number of hydrogen-bond acceptors (Lipinski definition) is 5. The summed E-state index contributed by atoms with van der Waals surface area (Å²) < 4.78 is 7.53. The van der Waals surface area contributed by atoms with Crippen LogP contribution < -0.4 is 15.4 Å². The lowest BCUT2D eigenvalue weighted by molar-refractivity contribution is 0.102. The SMILES string of the molecule is CN(C)CCOc1ccc(NC(=O)c2ccn(C3CCCNC3)n2)cc1Cl.Cl. The number of halogens is 2. The first-order valence-electron chi connectivity index (χ1n) is 9.17. The van der Waals surface area contributed by atoms with Crippen molar-refractivity contribution in [3.05, 3.63) is 41.2 Å². The molecule has 1 atom stereocenters. The van der Waals surface area contributed by atoms with E-state index in [9.17, 15) is 4.79 Å². The van der Waals surface area contributed by atoms with E-state index >= 15 is 0 Å². The number of amides is 1. The highest BCUT2D eigenvalue weighted by molar-refractivity contribution is 6.32. The van der Waals surface area contributed by atoms with Crippen LogP contribution in [0, 0.1) is 0 Å². The lowest BCUT2D eigenvalue weighted by Gasteiger charge is -2.22. The van der Waals surface area contributed by atoms with E-state index in [0.29, 0.717) is 34.8 Å². The van der Waals surface area contributed by atoms with Crippen LogP contribution in [0.2, 0.25) is 5.02 Å². The molecule has 0 spiro atoms. The molecule has 9 heteroatoms. The van der Waals surface area contributed by atoms with Gasteiger partial charge < -0.3 is 20.3 Å². The number of piperidine rings is 1. The number of rotatable bonds is 7. The number of nitrogens with zero attached hydrogens (tertiary/aromatic N) is 3. The summed E-state index contributed by atoms with van der Waals surface area (Å²) in [6.45, 7) is 3.27. The summed E-state index contributed by atoms with van der Waals surface area (Å²) in [4.78, 5) is 14.5. The third kappa shape index (κ3) is 6.10. The standard InChI is InChI=1S/C19H26ClN5O2.ClH/c1-24(2)10-11-27-18-6-5-14(12-16(18)20)22-19(26)17-7-9-25(23-17)15-4-3-8-21-13-15;/h5-7,9,12,15,21H,3-4,8,10-11,13H2,1-2H3,(H,22,26);1H. The first-order valence-corrected chi connectivity index (χ1v) is 9.55. The molecule has 3 rings (SSSR count). The second kappa shape index (κ2) is 10.7. The number of benzene rings is 1. The van der Waals surface area contributed by atoms with Gasteiger partial charge in [0.15, 0.2) is 5.69 Å². The maximum atomic E-state index is 12.5. The van der Waals surface area contributed by atoms with Gasteiger partial charge in [-0.05, 0) is 57.7 Å². The molecule has 1 aromatic carbocycles. The first-order chi connectivity index (χ1) is 13.0. The number of ether oxygens (including phenoxy) is 1. The third-order valence-electron chi connectivity index (χ3n) is 4.47. The number of nitrogens with one attached hydrogen (secondary N) is 2. The Morgan fingerprint density at radius 1 is 1.43 bits per heavy atom. The van der Waals surface area contributed by atoms with Gasteiger partial charge >= 0.3 is 0 Å². The Labute approximate surface area is 176 Å². The molecular weight excluding hydrogens is 401 g/mol. The topological polar surface area (TPSA) is 71.4 Å². The van der Waals surface area contributed by atoms with Crippen LogP contribution in [0.3, 0.4) is 0 Å². The number of anilines is 1. The summed E-state index contributed by atoms with van der Waals surface area (Å²) in [7, 11) is 3.96. The molecule has 0 radical (unpaired) electrons. The van der Waals surface area contributed by atoms with Crippen LogP contribution in [-0.4, -0.2) is 60.9 Å². The van der Waals surface area contributed by atoms with E-state index in [0.717, 1.165) is 32.5 Å². The van der Waals surface area contributed by atoms with Gasteiger partial charge in [0.25, 0.3) is 5.91 Å². The lowest BCUT2D eigenvalue weighted by Crippen LogP contribution is -2.32. The molecule has 1 aliphatic heterocycles. The van der Waals surface area contributed by atoms with Crippen LogP contribution in [0.1, 0.15) is 29.4 Å². The van der Waals surface area contributed by atoms with E-state index in [1.807, 2.05) is 29.9 Å². The molecule has 7 nitrogen and oxygen atoms in total. The maximum absolute atomic E-state index is 12.5. The molecule has 0 bridgehead atoms. The average Bonchev–Trinajstić information content (AvgIpc) is 3.14. The summed E-state index contributed by atoms with van der Waals surface area (Å²) >= 11 is 6.26. The Bertz CT molecular complexity index is 775. The smallest absolute Gasteiger partial charge is 0.276 e. The van der Waals surface area contributed by atoms with E-state index in [2.05, 4.69) is 15.7 Å². The van der Waals surface area contributed by atoms with E-state index in [-0.39, 0.29) is 18.3 Å². The molecule has 1 aliphatic rings. The molecule has 2 N–H and O–H groups in total. The number of likely N-dealkylation sites (N-methyl/N-ethyl adjacent to an activating group) is 1. The second-order valence-corrected chi connectivity index (χ2v) is 7.34. The fourth-order valence-corrected chi connectivity index (χ4v) is 3.19. The first kappa shape index (κ1) is 22.5. The van der Waals surface area contributed by atoms with Crippen molar-refractivity contribution in [2.24, 2.45) is 0 Å². The Morgan fingerprint density at radius 2 is 2.25 bits per heavy atom. The molecule has 0 saturated carbocycles. The van der Waals surface area contributed by atoms with Gasteiger partial charge in [-0.2, -0.15) is 5.10 Å². The minimum atomic E-state index is -0.255. The zero-order chi connectivity index (χ0) is 19.2. The van der Waals surface area contributed by atoms with Gasteiger partial charge in [-0.15, -0.1) is 12.4 Å². The Morgan fingerprint density at radius 3 is 2.93 bits per heavy atom. The molecule has 1 amide bonds. The summed E-state index contributed by atoms with van der Waals surface area (Å²) in [6, 6.07) is 7.27. The predicted octanol–water partition coefficient (Wildman–Crippen LogP) is 3.08. The molecule has 0 aliphatic carbocycles.